The zero-order chi connectivity index (χ0) is 38.1. The van der Waals surface area contributed by atoms with Crippen LogP contribution in [0.2, 0.25) is 0 Å². The fourth-order valence-corrected chi connectivity index (χ4v) is 7.28. The number of nitrogens with zero attached hydrogens (tertiary/aromatic N) is 4. The number of nitrogens with one attached hydrogen (secondary N) is 1. The van der Waals surface area contributed by atoms with Gasteiger partial charge in [0.2, 0.25) is 0 Å². The third kappa shape index (κ3) is 6.94. The number of halogens is 3. The Bertz CT molecular complexity index is 2230. The number of carbonyl (C=O) groups is 1. The molecule has 1 N–H and O–H groups in total. The van der Waals surface area contributed by atoms with Gasteiger partial charge in [-0.2, -0.15) is 23.5 Å². The molecule has 0 atom stereocenters. The van der Waals surface area contributed by atoms with Gasteiger partial charge in [-0.1, -0.05) is 103 Å². The number of amides is 1. The summed E-state index contributed by atoms with van der Waals surface area (Å²) in [6.07, 6.45) is -1.45. The maximum Gasteiger partial charge on any atom is 0.435 e. The molecule has 6 aromatic rings. The average Bonchev–Trinajstić information content (AvgIpc) is 3.87. The van der Waals surface area contributed by atoms with E-state index in [1.54, 1.807) is 26.8 Å². The maximum absolute atomic E-state index is 15.4. The Morgan fingerprint density at radius 3 is 1.94 bits per heavy atom. The highest BCUT2D eigenvalue weighted by molar-refractivity contribution is 5.96. The maximum atomic E-state index is 15.4. The van der Waals surface area contributed by atoms with Crippen molar-refractivity contribution in [2.75, 3.05) is 6.54 Å². The Kier molecular flexibility index (Phi) is 9.52. The third-order valence-electron chi connectivity index (χ3n) is 9.86. The Labute approximate surface area is 312 Å². The van der Waals surface area contributed by atoms with E-state index in [9.17, 15) is 10.1 Å². The number of aryl methyl sites for hydroxylation is 1. The number of carbonyl (C=O) groups excluding carboxylic acids is 1. The Balaban J connectivity index is 1.43. The van der Waals surface area contributed by atoms with E-state index < -0.39 is 34.5 Å². The molecule has 4 aromatic carbocycles. The van der Waals surface area contributed by atoms with Crippen LogP contribution in [0.4, 0.5) is 18.0 Å². The number of alkyl carbamates (subject to hydrolysis) is 1. The van der Waals surface area contributed by atoms with E-state index in [2.05, 4.69) is 21.5 Å². The van der Waals surface area contributed by atoms with Crippen LogP contribution in [0.3, 0.4) is 0 Å². The molecule has 274 valence electrons. The summed E-state index contributed by atoms with van der Waals surface area (Å²) in [6.45, 7) is 5.70. The van der Waals surface area contributed by atoms with E-state index in [0.717, 1.165) is 11.1 Å². The van der Waals surface area contributed by atoms with Crippen molar-refractivity contribution in [1.29, 1.82) is 5.26 Å². The fourth-order valence-electron chi connectivity index (χ4n) is 7.28. The molecule has 7 rings (SSSR count). The van der Waals surface area contributed by atoms with Crippen molar-refractivity contribution in [2.45, 2.75) is 69.2 Å². The molecule has 54 heavy (non-hydrogen) atoms. The Hall–Kier alpha value is -5.95. The van der Waals surface area contributed by atoms with E-state index in [4.69, 9.17) is 4.74 Å². The molecule has 0 unspecified atom stereocenters. The molecule has 1 aliphatic carbocycles. The fraction of sp³-hybridized carbons (Fsp3) is 0.273. The predicted molar refractivity (Wildman–Crippen MR) is 202 cm³/mol. The van der Waals surface area contributed by atoms with E-state index in [1.165, 1.54) is 10.9 Å². The molecule has 7 nitrogen and oxygen atoms in total. The normalized spacial score (nSPS) is 14.0. The molecule has 0 spiro atoms. The first-order valence-electron chi connectivity index (χ1n) is 18.0. The number of fused-ring (bicyclic) bond motifs is 1. The van der Waals surface area contributed by atoms with Crippen LogP contribution in [-0.2, 0) is 28.3 Å². The molecule has 0 bridgehead atoms. The van der Waals surface area contributed by atoms with Gasteiger partial charge < -0.3 is 10.1 Å². The van der Waals surface area contributed by atoms with Gasteiger partial charge in [0.05, 0.1) is 16.9 Å². The number of nitriles is 1. The number of hydrogen-bond donors (Lipinski definition) is 1. The van der Waals surface area contributed by atoms with Gasteiger partial charge >= 0.3 is 12.3 Å². The minimum atomic E-state index is -4.84. The van der Waals surface area contributed by atoms with Crippen LogP contribution in [-0.4, -0.2) is 33.0 Å². The van der Waals surface area contributed by atoms with Gasteiger partial charge in [0.1, 0.15) is 11.1 Å². The number of pyridine rings is 1. The molecule has 1 amide bonds. The summed E-state index contributed by atoms with van der Waals surface area (Å²) in [6, 6.07) is 37.9. The molecule has 1 aliphatic rings. The summed E-state index contributed by atoms with van der Waals surface area (Å²) in [4.78, 5) is 16.9. The van der Waals surface area contributed by atoms with Crippen LogP contribution in [0.5, 0.6) is 0 Å². The van der Waals surface area contributed by atoms with Gasteiger partial charge in [-0.3, -0.25) is 0 Å². The molecular weight excluding hydrogens is 688 g/mol. The minimum absolute atomic E-state index is 0.0614. The highest BCUT2D eigenvalue weighted by atomic mass is 19.4. The van der Waals surface area contributed by atoms with E-state index in [1.807, 2.05) is 109 Å². The molecule has 10 heteroatoms. The molecule has 1 saturated carbocycles. The van der Waals surface area contributed by atoms with E-state index >= 15 is 13.2 Å². The number of alkyl halides is 3. The van der Waals surface area contributed by atoms with Crippen LogP contribution in [0.1, 0.15) is 73.5 Å². The van der Waals surface area contributed by atoms with Crippen molar-refractivity contribution >= 4 is 17.1 Å². The number of aromatic nitrogens is 3. The lowest BCUT2D eigenvalue weighted by Crippen LogP contribution is -2.39. The summed E-state index contributed by atoms with van der Waals surface area (Å²) in [5.74, 6) is 0. The van der Waals surface area contributed by atoms with Crippen LogP contribution in [0.25, 0.3) is 22.2 Å². The Morgan fingerprint density at radius 1 is 0.870 bits per heavy atom. The van der Waals surface area contributed by atoms with Crippen molar-refractivity contribution in [3.63, 3.8) is 0 Å². The first-order valence-corrected chi connectivity index (χ1v) is 18.0. The number of benzene rings is 4. The van der Waals surface area contributed by atoms with Gasteiger partial charge in [0.15, 0.2) is 11.3 Å². The van der Waals surface area contributed by atoms with Gasteiger partial charge in [0.25, 0.3) is 0 Å². The van der Waals surface area contributed by atoms with Crippen LogP contribution in [0.15, 0.2) is 121 Å². The van der Waals surface area contributed by atoms with E-state index in [0.29, 0.717) is 60.0 Å². The molecular formula is C44H40F3N5O2. The third-order valence-corrected chi connectivity index (χ3v) is 9.86. The van der Waals surface area contributed by atoms with Crippen molar-refractivity contribution < 1.29 is 22.7 Å². The number of ether oxygens (including phenoxy) is 1. The predicted octanol–water partition coefficient (Wildman–Crippen LogP) is 9.97. The lowest BCUT2D eigenvalue weighted by atomic mass is 9.77. The van der Waals surface area contributed by atoms with Crippen LogP contribution >= 0.6 is 0 Å². The van der Waals surface area contributed by atoms with Crippen LogP contribution in [0, 0.1) is 11.3 Å². The molecule has 0 radical (unpaired) electrons. The topological polar surface area (TPSA) is 92.8 Å². The molecule has 0 saturated heterocycles. The van der Waals surface area contributed by atoms with Crippen molar-refractivity contribution in [3.8, 4) is 17.2 Å². The number of rotatable bonds is 10. The second-order valence-electron chi connectivity index (χ2n) is 14.8. The zero-order valence-corrected chi connectivity index (χ0v) is 30.3. The van der Waals surface area contributed by atoms with Gasteiger partial charge in [-0.05, 0) is 97.5 Å². The average molecular weight is 728 g/mol. The van der Waals surface area contributed by atoms with Gasteiger partial charge in [-0.25, -0.2) is 14.5 Å². The molecule has 2 heterocycles. The summed E-state index contributed by atoms with van der Waals surface area (Å²) >= 11 is 0. The Morgan fingerprint density at radius 2 is 1.44 bits per heavy atom. The summed E-state index contributed by atoms with van der Waals surface area (Å²) < 4.78 is 53.0. The standard InChI is InChI=1S/C44H40F3N5O2/c1-41(2,3)54-40(53)50-24-13-14-30-26-31(28-35(27-30)42(29-48)22-23-42)36-21-25-49-39-37(36)38(44(45,46)47)51-52(39)43(32-15-7-4-8-16-32,33-17-9-5-10-18-33)34-19-11-6-12-20-34/h4-12,15-21,25-28H,13-14,22-24H2,1-3H3,(H,50,53). The second-order valence-corrected chi connectivity index (χ2v) is 14.8. The highest BCUT2D eigenvalue weighted by Gasteiger charge is 2.47. The quantitative estimate of drug-likeness (QED) is 0.112. The summed E-state index contributed by atoms with van der Waals surface area (Å²) in [7, 11) is 0. The zero-order valence-electron chi connectivity index (χ0n) is 30.3. The van der Waals surface area contributed by atoms with Gasteiger partial charge in [0, 0.05) is 12.7 Å². The molecule has 2 aromatic heterocycles. The SMILES string of the molecule is CC(C)(C)OC(=O)NCCCc1cc(-c2ccnc3c2c(C(F)(F)F)nn3C(c2ccccc2)(c2ccccc2)c2ccccc2)cc(C2(C#N)CC2)c1. The first-order chi connectivity index (χ1) is 25.9. The second kappa shape index (κ2) is 14.1. The first kappa shape index (κ1) is 36.4. The van der Waals surface area contributed by atoms with Crippen molar-refractivity contribution in [2.24, 2.45) is 0 Å². The summed E-state index contributed by atoms with van der Waals surface area (Å²) in [5, 5.41) is 17.3. The lowest BCUT2D eigenvalue weighted by molar-refractivity contribution is -0.140. The minimum Gasteiger partial charge on any atom is -0.444 e. The number of hydrogen-bond acceptors (Lipinski definition) is 5. The lowest BCUT2D eigenvalue weighted by Gasteiger charge is -2.36. The monoisotopic (exact) mass is 727 g/mol. The summed E-state index contributed by atoms with van der Waals surface area (Å²) in [5.41, 5.74) is 0.904. The smallest absolute Gasteiger partial charge is 0.435 e. The van der Waals surface area contributed by atoms with Crippen molar-refractivity contribution in [3.05, 3.63) is 155 Å². The molecule has 0 aliphatic heterocycles. The molecule has 1 fully saturated rings. The largest absolute Gasteiger partial charge is 0.444 e. The van der Waals surface area contributed by atoms with E-state index in [-0.39, 0.29) is 11.0 Å². The van der Waals surface area contributed by atoms with Crippen LogP contribution < -0.4 is 5.32 Å². The van der Waals surface area contributed by atoms with Crippen molar-refractivity contribution in [1.82, 2.24) is 20.1 Å². The van der Waals surface area contributed by atoms with Gasteiger partial charge in [-0.15, -0.1) is 0 Å². The highest BCUT2D eigenvalue weighted by Crippen LogP contribution is 2.50.